The molecule has 3 rings (SSSR count). The Morgan fingerprint density at radius 1 is 1.03 bits per heavy atom. The van der Waals surface area contributed by atoms with Crippen LogP contribution in [0, 0.1) is 0 Å². The third kappa shape index (κ3) is 4.71. The molecule has 8 heteroatoms. The summed E-state index contributed by atoms with van der Waals surface area (Å²) in [5, 5.41) is 2.22. The SMILES string of the molecule is CCCOc1ccc(Br)cc1/C=C1\C(=O)NC(=O)N(c2ccc(OCC)cc2)C1=O. The quantitative estimate of drug-likeness (QED) is 0.479. The summed E-state index contributed by atoms with van der Waals surface area (Å²) in [5.41, 5.74) is 0.719. The van der Waals surface area contributed by atoms with Crippen LogP contribution in [-0.4, -0.2) is 31.1 Å². The van der Waals surface area contributed by atoms with Crippen molar-refractivity contribution in [2.75, 3.05) is 18.1 Å². The van der Waals surface area contributed by atoms with E-state index in [9.17, 15) is 14.4 Å². The number of benzene rings is 2. The van der Waals surface area contributed by atoms with Gasteiger partial charge in [-0.05, 0) is 61.9 Å². The highest BCUT2D eigenvalue weighted by Crippen LogP contribution is 2.28. The highest BCUT2D eigenvalue weighted by molar-refractivity contribution is 9.10. The summed E-state index contributed by atoms with van der Waals surface area (Å²) < 4.78 is 11.9. The number of halogens is 1. The van der Waals surface area contributed by atoms with E-state index in [1.54, 1.807) is 36.4 Å². The molecule has 1 fully saturated rings. The number of barbiturate groups is 1. The van der Waals surface area contributed by atoms with Crippen LogP contribution in [-0.2, 0) is 9.59 Å². The van der Waals surface area contributed by atoms with Crippen molar-refractivity contribution in [2.45, 2.75) is 20.3 Å². The van der Waals surface area contributed by atoms with Crippen LogP contribution in [0.25, 0.3) is 6.08 Å². The molecule has 30 heavy (non-hydrogen) atoms. The van der Waals surface area contributed by atoms with E-state index >= 15 is 0 Å². The monoisotopic (exact) mass is 472 g/mol. The number of rotatable bonds is 7. The van der Waals surface area contributed by atoms with E-state index in [0.717, 1.165) is 15.8 Å². The highest BCUT2D eigenvalue weighted by atomic mass is 79.9. The number of nitrogens with one attached hydrogen (secondary N) is 1. The average molecular weight is 473 g/mol. The predicted octanol–water partition coefficient (Wildman–Crippen LogP) is 4.30. The minimum atomic E-state index is -0.803. The fraction of sp³-hybridized carbons (Fsp3) is 0.227. The normalized spacial score (nSPS) is 15.4. The van der Waals surface area contributed by atoms with Crippen molar-refractivity contribution in [1.82, 2.24) is 5.32 Å². The van der Waals surface area contributed by atoms with E-state index < -0.39 is 17.8 Å². The van der Waals surface area contributed by atoms with E-state index in [2.05, 4.69) is 21.2 Å². The molecular weight excluding hydrogens is 452 g/mol. The van der Waals surface area contributed by atoms with Crippen LogP contribution in [0.15, 0.2) is 52.5 Å². The summed E-state index contributed by atoms with van der Waals surface area (Å²) in [5.74, 6) is -0.314. The standard InChI is InChI=1S/C22H21BrN2O5/c1-3-11-30-19-10-5-15(23)12-14(19)13-18-20(26)24-22(28)25(21(18)27)16-6-8-17(9-7-16)29-4-2/h5-10,12-13H,3-4,11H2,1-2H3,(H,24,26,28)/b18-13+. The van der Waals surface area contributed by atoms with Gasteiger partial charge < -0.3 is 9.47 Å². The second-order valence-electron chi connectivity index (χ2n) is 6.42. The maximum atomic E-state index is 13.1. The smallest absolute Gasteiger partial charge is 0.335 e. The van der Waals surface area contributed by atoms with E-state index in [1.807, 2.05) is 19.9 Å². The highest BCUT2D eigenvalue weighted by Gasteiger charge is 2.37. The summed E-state index contributed by atoms with van der Waals surface area (Å²) in [7, 11) is 0. The largest absolute Gasteiger partial charge is 0.494 e. The third-order valence-corrected chi connectivity index (χ3v) is 4.73. The number of imide groups is 2. The second kappa shape index (κ2) is 9.58. The summed E-state index contributed by atoms with van der Waals surface area (Å²) in [6.07, 6.45) is 2.24. The van der Waals surface area contributed by atoms with Gasteiger partial charge in [-0.1, -0.05) is 22.9 Å². The van der Waals surface area contributed by atoms with Crippen LogP contribution in [0.4, 0.5) is 10.5 Å². The number of nitrogens with zero attached hydrogens (tertiary/aromatic N) is 1. The molecule has 1 N–H and O–H groups in total. The van der Waals surface area contributed by atoms with E-state index in [4.69, 9.17) is 9.47 Å². The summed E-state index contributed by atoms with van der Waals surface area (Å²) in [6, 6.07) is 11.0. The Bertz CT molecular complexity index is 1000. The maximum absolute atomic E-state index is 13.1. The van der Waals surface area contributed by atoms with Gasteiger partial charge in [-0.25, -0.2) is 9.69 Å². The minimum absolute atomic E-state index is 0.164. The van der Waals surface area contributed by atoms with Crippen LogP contribution in [0.3, 0.4) is 0 Å². The van der Waals surface area contributed by atoms with Crippen molar-refractivity contribution in [1.29, 1.82) is 0 Å². The van der Waals surface area contributed by atoms with Gasteiger partial charge in [0.1, 0.15) is 17.1 Å². The lowest BCUT2D eigenvalue weighted by Gasteiger charge is -2.26. The Hall–Kier alpha value is -3.13. The molecule has 1 saturated heterocycles. The van der Waals surface area contributed by atoms with E-state index in [-0.39, 0.29) is 5.57 Å². The van der Waals surface area contributed by atoms with Gasteiger partial charge in [-0.3, -0.25) is 14.9 Å². The zero-order valence-electron chi connectivity index (χ0n) is 16.6. The first-order valence-corrected chi connectivity index (χ1v) is 10.3. The molecule has 2 aromatic carbocycles. The molecule has 0 aliphatic carbocycles. The Balaban J connectivity index is 1.97. The Kier molecular flexibility index (Phi) is 6.89. The van der Waals surface area contributed by atoms with Gasteiger partial charge in [0.2, 0.25) is 0 Å². The lowest BCUT2D eigenvalue weighted by molar-refractivity contribution is -0.122. The molecule has 4 amide bonds. The van der Waals surface area contributed by atoms with Crippen molar-refractivity contribution in [2.24, 2.45) is 0 Å². The Labute approximate surface area is 182 Å². The zero-order chi connectivity index (χ0) is 21.7. The molecule has 1 aliphatic rings. The van der Waals surface area contributed by atoms with Crippen molar-refractivity contribution in [3.8, 4) is 11.5 Å². The first-order valence-electron chi connectivity index (χ1n) is 9.51. The number of hydrogen-bond acceptors (Lipinski definition) is 5. The van der Waals surface area contributed by atoms with Crippen LogP contribution in [0.5, 0.6) is 11.5 Å². The Morgan fingerprint density at radius 3 is 2.43 bits per heavy atom. The fourth-order valence-electron chi connectivity index (χ4n) is 2.88. The van der Waals surface area contributed by atoms with Crippen LogP contribution in [0.2, 0.25) is 0 Å². The summed E-state index contributed by atoms with van der Waals surface area (Å²) >= 11 is 3.39. The number of amides is 4. The Morgan fingerprint density at radius 2 is 1.77 bits per heavy atom. The predicted molar refractivity (Wildman–Crippen MR) is 117 cm³/mol. The maximum Gasteiger partial charge on any atom is 0.335 e. The first kappa shape index (κ1) is 21.6. The zero-order valence-corrected chi connectivity index (χ0v) is 18.2. The van der Waals surface area contributed by atoms with Gasteiger partial charge in [-0.2, -0.15) is 0 Å². The second-order valence-corrected chi connectivity index (χ2v) is 7.33. The molecule has 0 unspecified atom stereocenters. The molecule has 0 spiro atoms. The van der Waals surface area contributed by atoms with Crippen LogP contribution >= 0.6 is 15.9 Å². The van der Waals surface area contributed by atoms with Gasteiger partial charge in [0, 0.05) is 10.0 Å². The van der Waals surface area contributed by atoms with Crippen LogP contribution in [0.1, 0.15) is 25.8 Å². The van der Waals surface area contributed by atoms with Gasteiger partial charge in [0.15, 0.2) is 0 Å². The number of carbonyl (C=O) groups excluding carboxylic acids is 3. The molecule has 0 atom stereocenters. The molecule has 0 bridgehead atoms. The first-order chi connectivity index (χ1) is 14.4. The third-order valence-electron chi connectivity index (χ3n) is 4.24. The van der Waals surface area contributed by atoms with Gasteiger partial charge in [-0.15, -0.1) is 0 Å². The number of urea groups is 1. The molecule has 2 aromatic rings. The molecule has 156 valence electrons. The van der Waals surface area contributed by atoms with Gasteiger partial charge >= 0.3 is 6.03 Å². The van der Waals surface area contributed by atoms with Gasteiger partial charge in [0.05, 0.1) is 18.9 Å². The molecule has 1 heterocycles. The number of carbonyl (C=O) groups is 3. The summed E-state index contributed by atoms with van der Waals surface area (Å²) in [6.45, 7) is 4.84. The molecule has 0 radical (unpaired) electrons. The van der Waals surface area contributed by atoms with Gasteiger partial charge in [0.25, 0.3) is 11.8 Å². The van der Waals surface area contributed by atoms with Crippen molar-refractivity contribution in [3.63, 3.8) is 0 Å². The van der Waals surface area contributed by atoms with Crippen molar-refractivity contribution in [3.05, 3.63) is 58.1 Å². The number of ether oxygens (including phenoxy) is 2. The molecule has 1 aliphatic heterocycles. The topological polar surface area (TPSA) is 84.9 Å². The number of hydrogen-bond donors (Lipinski definition) is 1. The number of anilines is 1. The molecule has 7 nitrogen and oxygen atoms in total. The fourth-order valence-corrected chi connectivity index (χ4v) is 3.26. The molecule has 0 saturated carbocycles. The summed E-state index contributed by atoms with van der Waals surface area (Å²) in [4.78, 5) is 38.8. The van der Waals surface area contributed by atoms with Crippen molar-refractivity contribution < 1.29 is 23.9 Å². The molecule has 0 aromatic heterocycles. The van der Waals surface area contributed by atoms with Crippen molar-refractivity contribution >= 4 is 45.5 Å². The minimum Gasteiger partial charge on any atom is -0.494 e. The van der Waals surface area contributed by atoms with E-state index in [0.29, 0.717) is 36.0 Å². The van der Waals surface area contributed by atoms with E-state index in [1.165, 1.54) is 6.08 Å². The van der Waals surface area contributed by atoms with Crippen LogP contribution < -0.4 is 19.7 Å². The lowest BCUT2D eigenvalue weighted by atomic mass is 10.1. The molecular formula is C22H21BrN2O5. The lowest BCUT2D eigenvalue weighted by Crippen LogP contribution is -2.54. The average Bonchev–Trinajstić information content (AvgIpc) is 2.72.